The third-order valence-corrected chi connectivity index (χ3v) is 3.48. The van der Waals surface area contributed by atoms with E-state index in [4.69, 9.17) is 0 Å². The third-order valence-electron chi connectivity index (χ3n) is 3.48. The molecule has 0 aliphatic heterocycles. The fourth-order valence-corrected chi connectivity index (χ4v) is 2.14. The van der Waals surface area contributed by atoms with Crippen molar-refractivity contribution >= 4 is 11.6 Å². The lowest BCUT2D eigenvalue weighted by atomic mass is 10.1. The zero-order chi connectivity index (χ0) is 15.4. The van der Waals surface area contributed by atoms with Gasteiger partial charge in [0.2, 0.25) is 0 Å². The number of carbonyl (C=O) groups is 1. The highest BCUT2D eigenvalue weighted by atomic mass is 19.1. The molecule has 2 rings (SSSR count). The van der Waals surface area contributed by atoms with Crippen LogP contribution in [0.2, 0.25) is 0 Å². The van der Waals surface area contributed by atoms with E-state index in [9.17, 15) is 9.18 Å². The monoisotopic (exact) mass is 286 g/mol. The van der Waals surface area contributed by atoms with E-state index in [2.05, 4.69) is 10.6 Å². The van der Waals surface area contributed by atoms with Gasteiger partial charge in [0.25, 0.3) is 5.91 Å². The molecule has 3 nitrogen and oxygen atoms in total. The van der Waals surface area contributed by atoms with Crippen LogP contribution in [0.4, 0.5) is 10.1 Å². The number of para-hydroxylation sites is 1. The second-order valence-corrected chi connectivity index (χ2v) is 5.00. The Bertz CT molecular complexity index is 655. The van der Waals surface area contributed by atoms with Crippen LogP contribution in [0.3, 0.4) is 0 Å². The van der Waals surface area contributed by atoms with Gasteiger partial charge in [-0.25, -0.2) is 4.39 Å². The first-order valence-electron chi connectivity index (χ1n) is 6.86. The minimum Gasteiger partial charge on any atom is -0.387 e. The maximum Gasteiger partial charge on any atom is 0.253 e. The molecule has 21 heavy (non-hydrogen) atoms. The first-order valence-corrected chi connectivity index (χ1v) is 6.86. The average molecular weight is 286 g/mol. The van der Waals surface area contributed by atoms with E-state index in [0.717, 1.165) is 11.3 Å². The van der Waals surface area contributed by atoms with Gasteiger partial charge in [-0.2, -0.15) is 0 Å². The number of rotatable bonds is 4. The van der Waals surface area contributed by atoms with Crippen LogP contribution in [0.5, 0.6) is 0 Å². The highest BCUT2D eigenvalue weighted by molar-refractivity contribution is 5.99. The second kappa shape index (κ2) is 6.39. The van der Waals surface area contributed by atoms with Crippen LogP contribution in [0, 0.1) is 12.7 Å². The summed E-state index contributed by atoms with van der Waals surface area (Å²) >= 11 is 0. The largest absolute Gasteiger partial charge is 0.387 e. The molecule has 0 bridgehead atoms. The van der Waals surface area contributed by atoms with Gasteiger partial charge < -0.3 is 10.6 Å². The third kappa shape index (κ3) is 3.40. The molecule has 0 aliphatic rings. The summed E-state index contributed by atoms with van der Waals surface area (Å²) in [5.41, 5.74) is 2.67. The molecule has 0 fully saturated rings. The van der Waals surface area contributed by atoms with Crippen molar-refractivity contribution in [3.63, 3.8) is 0 Å². The molecule has 0 heterocycles. The molecule has 0 spiro atoms. The van der Waals surface area contributed by atoms with E-state index < -0.39 is 0 Å². The quantitative estimate of drug-likeness (QED) is 0.900. The van der Waals surface area contributed by atoms with E-state index in [-0.39, 0.29) is 17.8 Å². The molecule has 0 aliphatic carbocycles. The molecule has 0 saturated carbocycles. The maximum atomic E-state index is 13.6. The Kier molecular flexibility index (Phi) is 4.58. The van der Waals surface area contributed by atoms with E-state index >= 15 is 0 Å². The van der Waals surface area contributed by atoms with Crippen molar-refractivity contribution in [2.45, 2.75) is 19.9 Å². The number of nitrogens with one attached hydrogen (secondary N) is 2. The first-order chi connectivity index (χ1) is 10.0. The molecule has 110 valence electrons. The van der Waals surface area contributed by atoms with Crippen molar-refractivity contribution in [1.29, 1.82) is 0 Å². The molecule has 1 unspecified atom stereocenters. The maximum absolute atomic E-state index is 13.6. The number of aryl methyl sites for hydroxylation is 1. The molecule has 2 aromatic carbocycles. The molecule has 1 amide bonds. The van der Waals surface area contributed by atoms with Crippen LogP contribution in [0.25, 0.3) is 0 Å². The van der Waals surface area contributed by atoms with Crippen molar-refractivity contribution in [3.05, 3.63) is 65.0 Å². The van der Waals surface area contributed by atoms with Crippen molar-refractivity contribution in [1.82, 2.24) is 5.32 Å². The molecule has 4 heteroatoms. The van der Waals surface area contributed by atoms with Crippen LogP contribution in [-0.2, 0) is 0 Å². The molecule has 0 aromatic heterocycles. The smallest absolute Gasteiger partial charge is 0.253 e. The molecule has 0 radical (unpaired) electrons. The number of hydrogen-bond acceptors (Lipinski definition) is 2. The standard InChI is InChI=1S/C17H19FN2O/c1-11-8-9-13(10-15(11)18)12(2)20-17(21)14-6-4-5-7-16(14)19-3/h4-10,12,19H,1-3H3,(H,20,21). The van der Waals surface area contributed by atoms with Gasteiger partial charge in [-0.15, -0.1) is 0 Å². The molecule has 1 atom stereocenters. The van der Waals surface area contributed by atoms with E-state index in [0.29, 0.717) is 11.1 Å². The Morgan fingerprint density at radius 3 is 2.57 bits per heavy atom. The van der Waals surface area contributed by atoms with Crippen LogP contribution in [-0.4, -0.2) is 13.0 Å². The summed E-state index contributed by atoms with van der Waals surface area (Å²) < 4.78 is 13.6. The number of hydrogen-bond donors (Lipinski definition) is 2. The lowest BCUT2D eigenvalue weighted by Gasteiger charge is -2.16. The number of amides is 1. The first kappa shape index (κ1) is 15.0. The SMILES string of the molecule is CNc1ccccc1C(=O)NC(C)c1ccc(C)c(F)c1. The summed E-state index contributed by atoms with van der Waals surface area (Å²) in [6.07, 6.45) is 0. The van der Waals surface area contributed by atoms with Gasteiger partial charge in [0.1, 0.15) is 5.82 Å². The van der Waals surface area contributed by atoms with Crippen LogP contribution < -0.4 is 10.6 Å². The zero-order valence-corrected chi connectivity index (χ0v) is 12.4. The predicted octanol–water partition coefficient (Wildman–Crippen LogP) is 3.67. The summed E-state index contributed by atoms with van der Waals surface area (Å²) in [5.74, 6) is -0.447. The van der Waals surface area contributed by atoms with E-state index in [1.165, 1.54) is 6.07 Å². The fourth-order valence-electron chi connectivity index (χ4n) is 2.14. The van der Waals surface area contributed by atoms with Crippen molar-refractivity contribution in [3.8, 4) is 0 Å². The lowest BCUT2D eigenvalue weighted by Crippen LogP contribution is -2.27. The summed E-state index contributed by atoms with van der Waals surface area (Å²) in [6.45, 7) is 3.55. The van der Waals surface area contributed by atoms with Gasteiger partial charge >= 0.3 is 0 Å². The van der Waals surface area contributed by atoms with E-state index in [1.54, 1.807) is 26.1 Å². The second-order valence-electron chi connectivity index (χ2n) is 5.00. The molecule has 2 aromatic rings. The zero-order valence-electron chi connectivity index (χ0n) is 12.4. The van der Waals surface area contributed by atoms with Gasteiger partial charge in [-0.05, 0) is 43.2 Å². The fraction of sp³-hybridized carbons (Fsp3) is 0.235. The van der Waals surface area contributed by atoms with Gasteiger partial charge in [0.15, 0.2) is 0 Å². The molecule has 0 saturated heterocycles. The minimum atomic E-state index is -0.266. The Morgan fingerprint density at radius 1 is 1.19 bits per heavy atom. The van der Waals surface area contributed by atoms with Gasteiger partial charge in [-0.1, -0.05) is 24.3 Å². The van der Waals surface area contributed by atoms with Gasteiger partial charge in [0.05, 0.1) is 11.6 Å². The van der Waals surface area contributed by atoms with Gasteiger partial charge in [0, 0.05) is 12.7 Å². The molecular weight excluding hydrogens is 267 g/mol. The van der Waals surface area contributed by atoms with Crippen molar-refractivity contribution in [2.24, 2.45) is 0 Å². The normalized spacial score (nSPS) is 11.8. The van der Waals surface area contributed by atoms with E-state index in [1.807, 2.05) is 31.2 Å². The van der Waals surface area contributed by atoms with Crippen molar-refractivity contribution < 1.29 is 9.18 Å². The number of anilines is 1. The summed E-state index contributed by atoms with van der Waals surface area (Å²) in [6, 6.07) is 12.0. The molecule has 2 N–H and O–H groups in total. The Morgan fingerprint density at radius 2 is 1.90 bits per heavy atom. The van der Waals surface area contributed by atoms with Crippen LogP contribution in [0.15, 0.2) is 42.5 Å². The lowest BCUT2D eigenvalue weighted by molar-refractivity contribution is 0.0940. The molecular formula is C17H19FN2O. The van der Waals surface area contributed by atoms with Crippen LogP contribution >= 0.6 is 0 Å². The minimum absolute atomic E-state index is 0.187. The number of halogens is 1. The van der Waals surface area contributed by atoms with Gasteiger partial charge in [-0.3, -0.25) is 4.79 Å². The summed E-state index contributed by atoms with van der Waals surface area (Å²) in [4.78, 5) is 12.3. The summed E-state index contributed by atoms with van der Waals surface area (Å²) in [5, 5.41) is 5.87. The Balaban J connectivity index is 2.16. The van der Waals surface area contributed by atoms with Crippen LogP contribution in [0.1, 0.15) is 34.5 Å². The summed E-state index contributed by atoms with van der Waals surface area (Å²) in [7, 11) is 1.77. The predicted molar refractivity (Wildman–Crippen MR) is 83.0 cm³/mol. The van der Waals surface area contributed by atoms with Crippen molar-refractivity contribution in [2.75, 3.05) is 12.4 Å². The highest BCUT2D eigenvalue weighted by Crippen LogP contribution is 2.19. The number of carbonyl (C=O) groups excluding carboxylic acids is 1. The topological polar surface area (TPSA) is 41.1 Å². The highest BCUT2D eigenvalue weighted by Gasteiger charge is 2.14. The Hall–Kier alpha value is -2.36. The Labute approximate surface area is 124 Å². The number of benzene rings is 2. The average Bonchev–Trinajstić information content (AvgIpc) is 2.49.